The maximum atomic E-state index is 10.8. The Labute approximate surface area is 59.6 Å². The number of carbonyl (C=O) groups excluding carboxylic acids is 1. The topological polar surface area (TPSA) is 35.5 Å². The Bertz CT molecular complexity index is 142. The van der Waals surface area contributed by atoms with Crippen LogP contribution in [0.1, 0.15) is 6.42 Å². The predicted octanol–water partition coefficient (Wildman–Crippen LogP) is 0.710. The fraction of sp³-hybridized carbons (Fsp3) is 0.571. The highest BCUT2D eigenvalue weighted by Crippen LogP contribution is 2.11. The standard InChI is InChI=1S/C7H10O3/c1-2-3-6-4-9-5-10-7(6)8/h2,6H,1,3-5H2. The number of hydrogen-bond acceptors (Lipinski definition) is 3. The largest absolute Gasteiger partial charge is 0.438 e. The van der Waals surface area contributed by atoms with Crippen LogP contribution in [0.25, 0.3) is 0 Å². The van der Waals surface area contributed by atoms with Crippen molar-refractivity contribution in [2.75, 3.05) is 13.4 Å². The van der Waals surface area contributed by atoms with Gasteiger partial charge in [-0.1, -0.05) is 6.08 Å². The van der Waals surface area contributed by atoms with Crippen molar-refractivity contribution >= 4 is 5.97 Å². The molecule has 1 atom stereocenters. The molecule has 0 saturated carbocycles. The minimum absolute atomic E-state index is 0.104. The minimum Gasteiger partial charge on any atom is -0.438 e. The van der Waals surface area contributed by atoms with Gasteiger partial charge in [0.2, 0.25) is 0 Å². The van der Waals surface area contributed by atoms with E-state index in [1.165, 1.54) is 0 Å². The molecule has 0 amide bonds. The molecule has 3 nitrogen and oxygen atoms in total. The number of ether oxygens (including phenoxy) is 2. The summed E-state index contributed by atoms with van der Waals surface area (Å²) in [6, 6.07) is 0. The third-order valence-corrected chi connectivity index (χ3v) is 1.39. The first-order valence-corrected chi connectivity index (χ1v) is 3.20. The molecule has 1 unspecified atom stereocenters. The molecule has 10 heavy (non-hydrogen) atoms. The van der Waals surface area contributed by atoms with Crippen LogP contribution in [0, 0.1) is 5.92 Å². The zero-order valence-corrected chi connectivity index (χ0v) is 5.71. The van der Waals surface area contributed by atoms with Crippen molar-refractivity contribution in [1.29, 1.82) is 0 Å². The quantitative estimate of drug-likeness (QED) is 0.420. The zero-order valence-electron chi connectivity index (χ0n) is 5.71. The summed E-state index contributed by atoms with van der Waals surface area (Å²) >= 11 is 0. The Morgan fingerprint density at radius 2 is 2.60 bits per heavy atom. The molecular weight excluding hydrogens is 132 g/mol. The Kier molecular flexibility index (Phi) is 2.45. The van der Waals surface area contributed by atoms with Crippen molar-refractivity contribution < 1.29 is 14.3 Å². The molecule has 1 aliphatic rings. The second-order valence-electron chi connectivity index (χ2n) is 2.17. The van der Waals surface area contributed by atoms with Crippen LogP contribution >= 0.6 is 0 Å². The van der Waals surface area contributed by atoms with Crippen molar-refractivity contribution in [3.63, 3.8) is 0 Å². The summed E-state index contributed by atoms with van der Waals surface area (Å²) in [6.45, 7) is 4.09. The van der Waals surface area contributed by atoms with Crippen LogP contribution in [-0.2, 0) is 14.3 Å². The van der Waals surface area contributed by atoms with Crippen molar-refractivity contribution in [3.8, 4) is 0 Å². The fourth-order valence-corrected chi connectivity index (χ4v) is 0.841. The van der Waals surface area contributed by atoms with Gasteiger partial charge in [0.1, 0.15) is 0 Å². The first-order chi connectivity index (χ1) is 4.84. The van der Waals surface area contributed by atoms with E-state index in [0.717, 1.165) is 0 Å². The lowest BCUT2D eigenvalue weighted by Crippen LogP contribution is -2.29. The molecule has 56 valence electrons. The van der Waals surface area contributed by atoms with Gasteiger partial charge in [0.25, 0.3) is 0 Å². The number of allylic oxidation sites excluding steroid dienone is 1. The lowest BCUT2D eigenvalue weighted by molar-refractivity contribution is -0.178. The number of carbonyl (C=O) groups is 1. The van der Waals surface area contributed by atoms with E-state index in [1.807, 2.05) is 0 Å². The van der Waals surface area contributed by atoms with Crippen LogP contribution in [0.2, 0.25) is 0 Å². The van der Waals surface area contributed by atoms with Crippen LogP contribution in [0.15, 0.2) is 12.7 Å². The molecule has 3 heteroatoms. The van der Waals surface area contributed by atoms with Gasteiger partial charge < -0.3 is 9.47 Å². The molecule has 1 heterocycles. The smallest absolute Gasteiger partial charge is 0.313 e. The fourth-order valence-electron chi connectivity index (χ4n) is 0.841. The Morgan fingerprint density at radius 3 is 3.20 bits per heavy atom. The van der Waals surface area contributed by atoms with Crippen molar-refractivity contribution in [1.82, 2.24) is 0 Å². The SMILES string of the molecule is C=CCC1COCOC1=O. The Hall–Kier alpha value is -0.830. The van der Waals surface area contributed by atoms with E-state index in [9.17, 15) is 4.79 Å². The van der Waals surface area contributed by atoms with E-state index in [2.05, 4.69) is 11.3 Å². The molecule has 0 radical (unpaired) electrons. The summed E-state index contributed by atoms with van der Waals surface area (Å²) in [7, 11) is 0. The van der Waals surface area contributed by atoms with Crippen LogP contribution in [0.5, 0.6) is 0 Å². The van der Waals surface area contributed by atoms with Gasteiger partial charge in [0.05, 0.1) is 12.5 Å². The predicted molar refractivity (Wildman–Crippen MR) is 35.2 cm³/mol. The van der Waals surface area contributed by atoms with Gasteiger partial charge in [-0.05, 0) is 6.42 Å². The van der Waals surface area contributed by atoms with Gasteiger partial charge in [0.15, 0.2) is 6.79 Å². The van der Waals surface area contributed by atoms with E-state index < -0.39 is 0 Å². The molecular formula is C7H10O3. The van der Waals surface area contributed by atoms with E-state index in [4.69, 9.17) is 4.74 Å². The average molecular weight is 142 g/mol. The van der Waals surface area contributed by atoms with Crippen LogP contribution in [-0.4, -0.2) is 19.4 Å². The molecule has 1 fully saturated rings. The molecule has 0 aromatic rings. The maximum absolute atomic E-state index is 10.8. The number of cyclic esters (lactones) is 1. The highest BCUT2D eigenvalue weighted by atomic mass is 16.7. The number of rotatable bonds is 2. The minimum atomic E-state index is -0.175. The summed E-state index contributed by atoms with van der Waals surface area (Å²) < 4.78 is 9.55. The van der Waals surface area contributed by atoms with Crippen LogP contribution < -0.4 is 0 Å². The molecule has 1 rings (SSSR count). The summed E-state index contributed by atoms with van der Waals surface area (Å²) in [4.78, 5) is 10.8. The van der Waals surface area contributed by atoms with Crippen molar-refractivity contribution in [2.45, 2.75) is 6.42 Å². The van der Waals surface area contributed by atoms with E-state index in [1.54, 1.807) is 6.08 Å². The highest BCUT2D eigenvalue weighted by Gasteiger charge is 2.22. The van der Waals surface area contributed by atoms with Crippen LogP contribution in [0.3, 0.4) is 0 Å². The normalized spacial score (nSPS) is 25.6. The maximum Gasteiger partial charge on any atom is 0.313 e. The molecule has 0 aromatic heterocycles. The molecule has 0 N–H and O–H groups in total. The molecule has 0 spiro atoms. The molecule has 0 bridgehead atoms. The summed E-state index contributed by atoms with van der Waals surface area (Å²) in [5.41, 5.74) is 0. The summed E-state index contributed by atoms with van der Waals surface area (Å²) in [5, 5.41) is 0. The van der Waals surface area contributed by atoms with Crippen molar-refractivity contribution in [3.05, 3.63) is 12.7 Å². The second-order valence-corrected chi connectivity index (χ2v) is 2.17. The van der Waals surface area contributed by atoms with Gasteiger partial charge in [-0.25, -0.2) is 0 Å². The third kappa shape index (κ3) is 1.57. The zero-order chi connectivity index (χ0) is 7.40. The molecule has 0 aromatic carbocycles. The lowest BCUT2D eigenvalue weighted by Gasteiger charge is -2.19. The van der Waals surface area contributed by atoms with Crippen molar-refractivity contribution in [2.24, 2.45) is 5.92 Å². The summed E-state index contributed by atoms with van der Waals surface area (Å²) in [6.07, 6.45) is 2.33. The van der Waals surface area contributed by atoms with Gasteiger partial charge >= 0.3 is 5.97 Å². The number of hydrogen-bond donors (Lipinski definition) is 0. The Morgan fingerprint density at radius 1 is 1.80 bits per heavy atom. The monoisotopic (exact) mass is 142 g/mol. The molecule has 0 aliphatic carbocycles. The average Bonchev–Trinajstić information content (AvgIpc) is 1.94. The van der Waals surface area contributed by atoms with Gasteiger partial charge in [-0.15, -0.1) is 6.58 Å². The van der Waals surface area contributed by atoms with E-state index in [-0.39, 0.29) is 18.7 Å². The van der Waals surface area contributed by atoms with E-state index >= 15 is 0 Å². The highest BCUT2D eigenvalue weighted by molar-refractivity contribution is 5.73. The number of esters is 1. The Balaban J connectivity index is 2.39. The first kappa shape index (κ1) is 7.28. The summed E-state index contributed by atoms with van der Waals surface area (Å²) in [5.74, 6) is -0.308. The van der Waals surface area contributed by atoms with Crippen LogP contribution in [0.4, 0.5) is 0 Å². The lowest BCUT2D eigenvalue weighted by atomic mass is 10.1. The first-order valence-electron chi connectivity index (χ1n) is 3.20. The third-order valence-electron chi connectivity index (χ3n) is 1.39. The molecule has 1 aliphatic heterocycles. The van der Waals surface area contributed by atoms with Gasteiger partial charge in [0, 0.05) is 0 Å². The van der Waals surface area contributed by atoms with Gasteiger partial charge in [-0.2, -0.15) is 0 Å². The molecule has 1 saturated heterocycles. The second kappa shape index (κ2) is 3.37. The van der Waals surface area contributed by atoms with Gasteiger partial charge in [-0.3, -0.25) is 4.79 Å². The van der Waals surface area contributed by atoms with E-state index in [0.29, 0.717) is 13.0 Å².